The van der Waals surface area contributed by atoms with E-state index in [-0.39, 0.29) is 54.6 Å². The van der Waals surface area contributed by atoms with E-state index in [1.165, 1.54) is 18.2 Å². The Morgan fingerprint density at radius 2 is 1.94 bits per heavy atom. The van der Waals surface area contributed by atoms with E-state index >= 15 is 0 Å². The van der Waals surface area contributed by atoms with Crippen LogP contribution in [0, 0.1) is 5.82 Å². The van der Waals surface area contributed by atoms with Crippen LogP contribution in [0.5, 0.6) is 5.75 Å². The van der Waals surface area contributed by atoms with Gasteiger partial charge in [-0.2, -0.15) is 0 Å². The molecule has 4 rings (SSSR count). The summed E-state index contributed by atoms with van der Waals surface area (Å²) < 4.78 is 24.1. The third-order valence-electron chi connectivity index (χ3n) is 6.40. The van der Waals surface area contributed by atoms with E-state index in [1.807, 2.05) is 6.92 Å². The first kappa shape index (κ1) is 24.4. The number of benzene rings is 2. The number of cyclic esters (lactones) is 1. The highest BCUT2D eigenvalue weighted by molar-refractivity contribution is 6.30. The monoisotopic (exact) mass is 490 g/mol. The van der Waals surface area contributed by atoms with Crippen molar-refractivity contribution >= 4 is 23.5 Å². The minimum Gasteiger partial charge on any atom is -0.483 e. The van der Waals surface area contributed by atoms with Crippen LogP contribution in [0.3, 0.4) is 0 Å². The molecule has 0 spiro atoms. The van der Waals surface area contributed by atoms with Crippen molar-refractivity contribution in [2.45, 2.75) is 51.1 Å². The van der Waals surface area contributed by atoms with Crippen molar-refractivity contribution in [2.75, 3.05) is 19.7 Å². The fourth-order valence-corrected chi connectivity index (χ4v) is 4.67. The normalized spacial score (nSPS) is 25.3. The lowest BCUT2D eigenvalue weighted by Crippen LogP contribution is -2.58. The molecule has 1 amide bonds. The maximum Gasteiger partial charge on any atom is 0.308 e. The summed E-state index contributed by atoms with van der Waals surface area (Å²) in [6.07, 6.45) is 0.167. The molecule has 2 fully saturated rings. The molecule has 0 radical (unpaired) electrons. The number of piperazine rings is 1. The Morgan fingerprint density at radius 1 is 1.21 bits per heavy atom. The number of amides is 1. The molecular weight excluding hydrogens is 463 g/mol. The summed E-state index contributed by atoms with van der Waals surface area (Å²) in [5, 5.41) is 11.1. The Hall–Kier alpha value is -2.68. The first-order valence-corrected chi connectivity index (χ1v) is 11.7. The van der Waals surface area contributed by atoms with E-state index in [9.17, 15) is 19.1 Å². The van der Waals surface area contributed by atoms with Gasteiger partial charge in [-0.1, -0.05) is 23.7 Å². The van der Waals surface area contributed by atoms with Crippen LogP contribution in [-0.4, -0.2) is 58.6 Å². The fraction of sp³-hybridized carbons (Fsp3) is 0.440. The number of aliphatic hydroxyl groups is 1. The summed E-state index contributed by atoms with van der Waals surface area (Å²) in [4.78, 5) is 28.7. The van der Waals surface area contributed by atoms with Crippen molar-refractivity contribution in [1.29, 1.82) is 0 Å². The fourth-order valence-electron chi connectivity index (χ4n) is 4.50. The van der Waals surface area contributed by atoms with Crippen molar-refractivity contribution in [2.24, 2.45) is 0 Å². The first-order chi connectivity index (χ1) is 16.1. The van der Waals surface area contributed by atoms with Gasteiger partial charge in [-0.05, 0) is 49.7 Å². The molecule has 2 aromatic carbocycles. The molecule has 182 valence electrons. The molecule has 1 unspecified atom stereocenters. The topological polar surface area (TPSA) is 79.3 Å². The Bertz CT molecular complexity index is 1070. The van der Waals surface area contributed by atoms with Crippen molar-refractivity contribution < 1.29 is 28.6 Å². The summed E-state index contributed by atoms with van der Waals surface area (Å²) in [6.45, 7) is 5.68. The van der Waals surface area contributed by atoms with E-state index in [0.717, 1.165) is 5.56 Å². The zero-order valence-corrected chi connectivity index (χ0v) is 19.9. The number of nitrogens with zero attached hydrogens (tertiary/aromatic N) is 2. The molecule has 0 aromatic heterocycles. The van der Waals surface area contributed by atoms with E-state index in [0.29, 0.717) is 24.7 Å². The first-order valence-electron chi connectivity index (χ1n) is 11.3. The molecule has 3 atom stereocenters. The predicted molar refractivity (Wildman–Crippen MR) is 124 cm³/mol. The summed E-state index contributed by atoms with van der Waals surface area (Å²) in [6, 6.07) is 11.1. The Kier molecular flexibility index (Phi) is 7.12. The van der Waals surface area contributed by atoms with Crippen molar-refractivity contribution in [3.63, 3.8) is 0 Å². The number of halogens is 2. The standard InChI is InChI=1S/C25H28ClFN2O5/c1-16-13-29(17(2)12-28(16)14-18-3-6-20(27)7-4-18)23(30)15-33-22-8-5-19(26)11-21(22)25(32)10-9-24(31)34-25/h3-8,11,16-17,32H,9-10,12-15H2,1-2H3/t16-,17+,25?/m0/s1. The zero-order valence-electron chi connectivity index (χ0n) is 19.2. The maximum atomic E-state index is 13.2. The van der Waals surface area contributed by atoms with Gasteiger partial charge in [0, 0.05) is 43.2 Å². The van der Waals surface area contributed by atoms with Crippen LogP contribution in [0.2, 0.25) is 5.02 Å². The summed E-state index contributed by atoms with van der Waals surface area (Å²) in [7, 11) is 0. The summed E-state index contributed by atoms with van der Waals surface area (Å²) >= 11 is 6.09. The van der Waals surface area contributed by atoms with Gasteiger partial charge in [0.2, 0.25) is 5.79 Å². The van der Waals surface area contributed by atoms with E-state index in [1.54, 1.807) is 29.2 Å². The van der Waals surface area contributed by atoms with Crippen molar-refractivity contribution in [1.82, 2.24) is 9.80 Å². The van der Waals surface area contributed by atoms with Gasteiger partial charge in [0.05, 0.1) is 12.0 Å². The molecule has 1 N–H and O–H groups in total. The van der Waals surface area contributed by atoms with Gasteiger partial charge >= 0.3 is 5.97 Å². The average molecular weight is 491 g/mol. The molecule has 0 bridgehead atoms. The highest BCUT2D eigenvalue weighted by atomic mass is 35.5. The van der Waals surface area contributed by atoms with Crippen molar-refractivity contribution in [3.05, 3.63) is 64.4 Å². The molecule has 2 aliphatic heterocycles. The molecule has 2 aliphatic rings. The molecule has 2 aromatic rings. The van der Waals surface area contributed by atoms with Crippen molar-refractivity contribution in [3.8, 4) is 5.75 Å². The number of carbonyl (C=O) groups excluding carboxylic acids is 2. The Morgan fingerprint density at radius 3 is 2.62 bits per heavy atom. The second kappa shape index (κ2) is 9.90. The summed E-state index contributed by atoms with van der Waals surface area (Å²) in [5.41, 5.74) is 1.24. The van der Waals surface area contributed by atoms with Gasteiger partial charge < -0.3 is 19.5 Å². The van der Waals surface area contributed by atoms with Crippen LogP contribution < -0.4 is 4.74 Å². The lowest BCUT2D eigenvalue weighted by Gasteiger charge is -2.44. The average Bonchev–Trinajstić information content (AvgIpc) is 3.16. The van der Waals surface area contributed by atoms with Gasteiger partial charge in [0.25, 0.3) is 5.91 Å². The third-order valence-corrected chi connectivity index (χ3v) is 6.63. The molecule has 2 heterocycles. The highest BCUT2D eigenvalue weighted by Crippen LogP contribution is 2.40. The van der Waals surface area contributed by atoms with E-state index in [4.69, 9.17) is 21.1 Å². The van der Waals surface area contributed by atoms with Gasteiger partial charge in [-0.15, -0.1) is 0 Å². The molecular formula is C25H28ClFN2O5. The Balaban J connectivity index is 1.39. The van der Waals surface area contributed by atoms with Gasteiger partial charge in [0.15, 0.2) is 6.61 Å². The van der Waals surface area contributed by atoms with E-state index < -0.39 is 11.8 Å². The zero-order chi connectivity index (χ0) is 24.5. The van der Waals surface area contributed by atoms with Crippen LogP contribution >= 0.6 is 11.6 Å². The van der Waals surface area contributed by atoms with Crippen LogP contribution in [0.15, 0.2) is 42.5 Å². The number of ether oxygens (including phenoxy) is 2. The predicted octanol–water partition coefficient (Wildman–Crippen LogP) is 3.46. The second-order valence-electron chi connectivity index (χ2n) is 8.99. The number of esters is 1. The molecule has 2 saturated heterocycles. The lowest BCUT2D eigenvalue weighted by molar-refractivity contribution is -0.193. The number of rotatable bonds is 6. The SMILES string of the molecule is C[C@@H]1CN(Cc2ccc(F)cc2)[C@@H](C)CN1C(=O)COc1ccc(Cl)cc1C1(O)CCC(=O)O1. The molecule has 34 heavy (non-hydrogen) atoms. The van der Waals surface area contributed by atoms with Crippen LogP contribution in [0.1, 0.15) is 37.8 Å². The number of hydrogen-bond donors (Lipinski definition) is 1. The smallest absolute Gasteiger partial charge is 0.308 e. The van der Waals surface area contributed by atoms with Crippen LogP contribution in [-0.2, 0) is 26.7 Å². The second-order valence-corrected chi connectivity index (χ2v) is 9.42. The van der Waals surface area contributed by atoms with Gasteiger partial charge in [-0.3, -0.25) is 14.5 Å². The minimum absolute atomic E-state index is 0.0441. The highest BCUT2D eigenvalue weighted by Gasteiger charge is 2.42. The number of carbonyl (C=O) groups is 2. The van der Waals surface area contributed by atoms with Crippen LogP contribution in [0.4, 0.5) is 4.39 Å². The van der Waals surface area contributed by atoms with Gasteiger partial charge in [0.1, 0.15) is 11.6 Å². The summed E-state index contributed by atoms with van der Waals surface area (Å²) in [5.74, 6) is -2.54. The van der Waals surface area contributed by atoms with Crippen LogP contribution in [0.25, 0.3) is 0 Å². The molecule has 7 nitrogen and oxygen atoms in total. The number of hydrogen-bond acceptors (Lipinski definition) is 6. The largest absolute Gasteiger partial charge is 0.483 e. The lowest BCUT2D eigenvalue weighted by atomic mass is 10.0. The Labute approximate surface area is 203 Å². The minimum atomic E-state index is -1.83. The third kappa shape index (κ3) is 5.35. The maximum absolute atomic E-state index is 13.2. The molecule has 9 heteroatoms. The molecule has 0 aliphatic carbocycles. The molecule has 0 saturated carbocycles. The van der Waals surface area contributed by atoms with Gasteiger partial charge in [-0.25, -0.2) is 4.39 Å². The quantitative estimate of drug-likeness (QED) is 0.625. The van der Waals surface area contributed by atoms with E-state index in [2.05, 4.69) is 11.8 Å².